The van der Waals surface area contributed by atoms with Crippen molar-refractivity contribution >= 4 is 5.97 Å². The molecule has 0 aromatic carbocycles. The highest BCUT2D eigenvalue weighted by Crippen LogP contribution is 2.42. The molecule has 0 spiro atoms. The van der Waals surface area contributed by atoms with Crippen molar-refractivity contribution in [3.05, 3.63) is 0 Å². The van der Waals surface area contributed by atoms with Crippen molar-refractivity contribution in [1.82, 2.24) is 4.90 Å². The number of likely N-dealkylation sites (tertiary alicyclic amines) is 1. The molecule has 0 aromatic rings. The quantitative estimate of drug-likeness (QED) is 0.727. The zero-order chi connectivity index (χ0) is 14.6. The predicted octanol–water partition coefficient (Wildman–Crippen LogP) is 2.75. The second-order valence-corrected chi connectivity index (χ2v) is 6.48. The van der Waals surface area contributed by atoms with Gasteiger partial charge in [0, 0.05) is 12.1 Å². The molecule has 4 heteroatoms. The molecule has 0 radical (unpaired) electrons. The fraction of sp³-hybridized carbons (Fsp3) is 0.938. The smallest absolute Gasteiger partial charge is 0.307 e. The maximum absolute atomic E-state index is 12.1. The number of carbonyl (C=O) groups is 1. The number of hydrogen-bond acceptors (Lipinski definition) is 4. The van der Waals surface area contributed by atoms with Crippen LogP contribution in [0.5, 0.6) is 0 Å². The van der Waals surface area contributed by atoms with E-state index in [1.807, 2.05) is 6.92 Å². The van der Waals surface area contributed by atoms with Crippen molar-refractivity contribution in [3.63, 3.8) is 0 Å². The largest absolute Gasteiger partial charge is 0.466 e. The van der Waals surface area contributed by atoms with Crippen molar-refractivity contribution in [1.29, 1.82) is 0 Å². The van der Waals surface area contributed by atoms with Crippen LogP contribution in [-0.4, -0.2) is 48.3 Å². The fourth-order valence-electron chi connectivity index (χ4n) is 3.75. The lowest BCUT2D eigenvalue weighted by atomic mass is 9.76. The van der Waals surface area contributed by atoms with Gasteiger partial charge in [0.2, 0.25) is 0 Å². The number of rotatable bonds is 5. The van der Waals surface area contributed by atoms with Crippen LogP contribution < -0.4 is 0 Å². The Hall–Kier alpha value is -0.610. The maximum Gasteiger partial charge on any atom is 0.307 e. The molecule has 2 fully saturated rings. The molecule has 2 rings (SSSR count). The summed E-state index contributed by atoms with van der Waals surface area (Å²) in [7, 11) is 0. The fourth-order valence-corrected chi connectivity index (χ4v) is 3.75. The molecule has 2 saturated heterocycles. The molecule has 0 aromatic heterocycles. The summed E-state index contributed by atoms with van der Waals surface area (Å²) in [6, 6.07) is 0. The number of hydrogen-bond donors (Lipinski definition) is 0. The summed E-state index contributed by atoms with van der Waals surface area (Å²) in [4.78, 5) is 14.6. The van der Waals surface area contributed by atoms with Crippen LogP contribution in [0.2, 0.25) is 0 Å². The van der Waals surface area contributed by atoms with Gasteiger partial charge in [0.1, 0.15) is 0 Å². The summed E-state index contributed by atoms with van der Waals surface area (Å²) >= 11 is 0. The summed E-state index contributed by atoms with van der Waals surface area (Å²) in [5.74, 6) is -0.0558. The minimum Gasteiger partial charge on any atom is -0.466 e. The Morgan fingerprint density at radius 1 is 1.30 bits per heavy atom. The highest BCUT2D eigenvalue weighted by molar-refractivity contribution is 5.71. The zero-order valence-electron chi connectivity index (χ0n) is 13.2. The molecular weight excluding hydrogens is 254 g/mol. The lowest BCUT2D eigenvalue weighted by Gasteiger charge is -2.50. The van der Waals surface area contributed by atoms with Gasteiger partial charge in [-0.1, -0.05) is 6.92 Å². The number of ether oxygens (including phenoxy) is 2. The van der Waals surface area contributed by atoms with Gasteiger partial charge in [-0.2, -0.15) is 0 Å². The predicted molar refractivity (Wildman–Crippen MR) is 78.7 cm³/mol. The average Bonchev–Trinajstić information content (AvgIpc) is 2.93. The molecule has 20 heavy (non-hydrogen) atoms. The van der Waals surface area contributed by atoms with Gasteiger partial charge in [0.25, 0.3) is 0 Å². The first-order valence-corrected chi connectivity index (χ1v) is 8.08. The van der Waals surface area contributed by atoms with Crippen LogP contribution in [0, 0.1) is 0 Å². The molecule has 0 bridgehead atoms. The van der Waals surface area contributed by atoms with Gasteiger partial charge in [0.15, 0.2) is 0 Å². The van der Waals surface area contributed by atoms with Crippen molar-refractivity contribution in [2.75, 3.05) is 26.3 Å². The number of nitrogens with zero attached hydrogens (tertiary/aromatic N) is 1. The van der Waals surface area contributed by atoms with E-state index in [9.17, 15) is 4.79 Å². The summed E-state index contributed by atoms with van der Waals surface area (Å²) in [6.45, 7) is 9.67. The molecular formula is C16H29NO3. The number of carbonyl (C=O) groups excluding carboxylic acids is 1. The third-order valence-electron chi connectivity index (χ3n) is 5.02. The lowest BCUT2D eigenvalue weighted by Crippen LogP contribution is -2.57. The molecule has 0 N–H and O–H groups in total. The molecule has 0 aliphatic carbocycles. The van der Waals surface area contributed by atoms with E-state index in [2.05, 4.69) is 18.7 Å². The van der Waals surface area contributed by atoms with E-state index >= 15 is 0 Å². The zero-order valence-corrected chi connectivity index (χ0v) is 13.2. The summed E-state index contributed by atoms with van der Waals surface area (Å²) in [6.07, 6.45) is 5.88. The van der Waals surface area contributed by atoms with Crippen molar-refractivity contribution < 1.29 is 14.3 Å². The first kappa shape index (κ1) is 15.8. The molecule has 4 nitrogen and oxygen atoms in total. The Morgan fingerprint density at radius 2 is 2.00 bits per heavy atom. The summed E-state index contributed by atoms with van der Waals surface area (Å²) < 4.78 is 11.2. The minimum atomic E-state index is -0.104. The Morgan fingerprint density at radius 3 is 2.60 bits per heavy atom. The molecule has 116 valence electrons. The molecule has 2 atom stereocenters. The summed E-state index contributed by atoms with van der Waals surface area (Å²) in [5.41, 5.74) is -0.154. The normalized spacial score (nSPS) is 35.1. The molecule has 0 saturated carbocycles. The van der Waals surface area contributed by atoms with E-state index in [0.29, 0.717) is 13.0 Å². The van der Waals surface area contributed by atoms with E-state index in [1.54, 1.807) is 0 Å². The first-order valence-electron chi connectivity index (χ1n) is 8.08. The molecule has 2 aliphatic heterocycles. The van der Waals surface area contributed by atoms with Crippen LogP contribution in [0.3, 0.4) is 0 Å². The van der Waals surface area contributed by atoms with Gasteiger partial charge in [-0.05, 0) is 59.0 Å². The van der Waals surface area contributed by atoms with Crippen LogP contribution in [0.25, 0.3) is 0 Å². The van der Waals surface area contributed by atoms with Crippen LogP contribution in [0.1, 0.15) is 59.3 Å². The second kappa shape index (κ2) is 6.44. The van der Waals surface area contributed by atoms with Gasteiger partial charge in [0.05, 0.1) is 18.6 Å². The van der Waals surface area contributed by atoms with Gasteiger partial charge < -0.3 is 9.47 Å². The van der Waals surface area contributed by atoms with Gasteiger partial charge in [-0.15, -0.1) is 0 Å². The van der Waals surface area contributed by atoms with E-state index in [-0.39, 0.29) is 17.1 Å². The van der Waals surface area contributed by atoms with Crippen LogP contribution in [-0.2, 0) is 14.3 Å². The monoisotopic (exact) mass is 283 g/mol. The van der Waals surface area contributed by atoms with Crippen molar-refractivity contribution in [2.45, 2.75) is 70.4 Å². The standard InChI is InChI=1S/C16H29NO3/c1-4-15(3)13-16(8-11-20-15,12-14(18)19-5-2)17-9-6-7-10-17/h4-13H2,1-3H3. The van der Waals surface area contributed by atoms with Gasteiger partial charge in [-0.3, -0.25) is 9.69 Å². The third-order valence-corrected chi connectivity index (χ3v) is 5.02. The highest BCUT2D eigenvalue weighted by atomic mass is 16.5. The minimum absolute atomic E-state index is 0.0498. The Labute approximate surface area is 122 Å². The van der Waals surface area contributed by atoms with Crippen LogP contribution in [0.15, 0.2) is 0 Å². The van der Waals surface area contributed by atoms with E-state index in [4.69, 9.17) is 9.47 Å². The van der Waals surface area contributed by atoms with Gasteiger partial charge in [-0.25, -0.2) is 0 Å². The second-order valence-electron chi connectivity index (χ2n) is 6.48. The SMILES string of the molecule is CCOC(=O)CC1(N2CCCC2)CCOC(C)(CC)C1. The van der Waals surface area contributed by atoms with Gasteiger partial charge >= 0.3 is 5.97 Å². The van der Waals surface area contributed by atoms with Crippen LogP contribution in [0.4, 0.5) is 0 Å². The number of esters is 1. The average molecular weight is 283 g/mol. The van der Waals surface area contributed by atoms with Crippen LogP contribution >= 0.6 is 0 Å². The van der Waals surface area contributed by atoms with E-state index < -0.39 is 0 Å². The van der Waals surface area contributed by atoms with E-state index in [0.717, 1.165) is 39.0 Å². The summed E-state index contributed by atoms with van der Waals surface area (Å²) in [5, 5.41) is 0. The Bertz CT molecular complexity index is 341. The van der Waals surface area contributed by atoms with E-state index in [1.165, 1.54) is 12.8 Å². The Balaban J connectivity index is 2.17. The first-order chi connectivity index (χ1) is 9.53. The Kier molecular flexibility index (Phi) is 5.08. The maximum atomic E-state index is 12.1. The molecule has 0 amide bonds. The third kappa shape index (κ3) is 3.34. The highest BCUT2D eigenvalue weighted by Gasteiger charge is 2.48. The topological polar surface area (TPSA) is 38.8 Å². The molecule has 2 unspecified atom stereocenters. The molecule has 2 aliphatic rings. The van der Waals surface area contributed by atoms with Crippen molar-refractivity contribution in [3.8, 4) is 0 Å². The molecule has 2 heterocycles. The lowest BCUT2D eigenvalue weighted by molar-refractivity contribution is -0.158. The van der Waals surface area contributed by atoms with Crippen molar-refractivity contribution in [2.24, 2.45) is 0 Å².